The van der Waals surface area contributed by atoms with Crippen molar-refractivity contribution < 1.29 is 29.0 Å². The van der Waals surface area contributed by atoms with Gasteiger partial charge in [-0.05, 0) is 55.0 Å². The number of hydrogen-bond donors (Lipinski definition) is 2. The molecule has 0 unspecified atom stereocenters. The first-order valence-corrected chi connectivity index (χ1v) is 12.4. The summed E-state index contributed by atoms with van der Waals surface area (Å²) in [5, 5.41) is 21.9. The average Bonchev–Trinajstić information content (AvgIpc) is 3.58. The van der Waals surface area contributed by atoms with E-state index in [-0.39, 0.29) is 17.1 Å². The van der Waals surface area contributed by atoms with E-state index in [9.17, 15) is 19.8 Å². The summed E-state index contributed by atoms with van der Waals surface area (Å²) in [6.07, 6.45) is 0. The fourth-order valence-electron chi connectivity index (χ4n) is 4.49. The predicted molar refractivity (Wildman–Crippen MR) is 139 cm³/mol. The standard InChI is InChI=1S/C28H20N2O6S/c1-2-35-18-11-12-19-22(14-18)37-28(29-19)30-24(15-7-9-17(31)10-8-15)23(26(33)27(30)34)25(32)21-13-16-5-3-4-6-20(16)36-21/h3-14,24,31,33H,2H2,1H3/t24-/m0/s1. The number of ether oxygens (including phenoxy) is 1. The number of ketones is 1. The van der Waals surface area contributed by atoms with Gasteiger partial charge in [-0.15, -0.1) is 0 Å². The highest BCUT2D eigenvalue weighted by Gasteiger charge is 2.46. The molecule has 9 heteroatoms. The van der Waals surface area contributed by atoms with Gasteiger partial charge in [-0.3, -0.25) is 14.5 Å². The third-order valence-electron chi connectivity index (χ3n) is 6.18. The van der Waals surface area contributed by atoms with E-state index in [2.05, 4.69) is 4.98 Å². The Labute approximate surface area is 214 Å². The van der Waals surface area contributed by atoms with Gasteiger partial charge in [0.2, 0.25) is 5.78 Å². The highest BCUT2D eigenvalue weighted by atomic mass is 32.1. The van der Waals surface area contributed by atoms with Crippen molar-refractivity contribution in [2.24, 2.45) is 0 Å². The minimum atomic E-state index is -0.985. The summed E-state index contributed by atoms with van der Waals surface area (Å²) in [4.78, 5) is 33.1. The van der Waals surface area contributed by atoms with Crippen LogP contribution in [0, 0.1) is 0 Å². The topological polar surface area (TPSA) is 113 Å². The third-order valence-corrected chi connectivity index (χ3v) is 7.19. The van der Waals surface area contributed by atoms with Crippen LogP contribution in [-0.2, 0) is 4.79 Å². The van der Waals surface area contributed by atoms with Gasteiger partial charge in [0.05, 0.1) is 28.4 Å². The summed E-state index contributed by atoms with van der Waals surface area (Å²) in [6.45, 7) is 2.40. The number of amides is 1. The van der Waals surface area contributed by atoms with Crippen molar-refractivity contribution in [3.8, 4) is 11.5 Å². The second kappa shape index (κ2) is 8.79. The Balaban J connectivity index is 1.48. The fourth-order valence-corrected chi connectivity index (χ4v) is 5.51. The van der Waals surface area contributed by atoms with Crippen LogP contribution in [-0.4, -0.2) is 33.5 Å². The molecule has 1 aliphatic rings. The molecule has 3 heterocycles. The van der Waals surface area contributed by atoms with Crippen LogP contribution in [0.4, 0.5) is 5.13 Å². The zero-order chi connectivity index (χ0) is 25.7. The van der Waals surface area contributed by atoms with E-state index in [0.717, 1.165) is 10.1 Å². The monoisotopic (exact) mass is 512 g/mol. The van der Waals surface area contributed by atoms with Gasteiger partial charge < -0.3 is 19.4 Å². The molecule has 184 valence electrons. The molecule has 1 amide bonds. The van der Waals surface area contributed by atoms with E-state index in [0.29, 0.717) is 34.2 Å². The Morgan fingerprint density at radius 3 is 2.62 bits per heavy atom. The Hall–Kier alpha value is -4.63. The molecule has 2 aromatic heterocycles. The van der Waals surface area contributed by atoms with Gasteiger partial charge in [0.1, 0.15) is 17.1 Å². The van der Waals surface area contributed by atoms with Gasteiger partial charge in [0.25, 0.3) is 5.91 Å². The molecule has 1 atom stereocenters. The molecule has 0 saturated carbocycles. The van der Waals surface area contributed by atoms with Crippen LogP contribution in [0.1, 0.15) is 29.1 Å². The Morgan fingerprint density at radius 1 is 1.08 bits per heavy atom. The quantitative estimate of drug-likeness (QED) is 0.271. The van der Waals surface area contributed by atoms with E-state index in [4.69, 9.17) is 9.15 Å². The van der Waals surface area contributed by atoms with Crippen LogP contribution in [0.25, 0.3) is 21.2 Å². The fraction of sp³-hybridized carbons (Fsp3) is 0.107. The number of rotatable bonds is 6. The zero-order valence-electron chi connectivity index (χ0n) is 19.5. The van der Waals surface area contributed by atoms with E-state index in [1.54, 1.807) is 42.5 Å². The number of furan rings is 1. The van der Waals surface area contributed by atoms with Crippen LogP contribution in [0.5, 0.6) is 11.5 Å². The lowest BCUT2D eigenvalue weighted by Crippen LogP contribution is -2.30. The number of phenols is 1. The second-order valence-electron chi connectivity index (χ2n) is 8.47. The molecule has 0 saturated heterocycles. The number of hydrogen-bond acceptors (Lipinski definition) is 8. The molecule has 0 spiro atoms. The van der Waals surface area contributed by atoms with Gasteiger partial charge in [-0.1, -0.05) is 41.7 Å². The first kappa shape index (κ1) is 22.8. The van der Waals surface area contributed by atoms with Crippen molar-refractivity contribution in [2.45, 2.75) is 13.0 Å². The molecular weight excluding hydrogens is 492 g/mol. The first-order chi connectivity index (χ1) is 17.9. The number of carbonyl (C=O) groups excluding carboxylic acids is 2. The van der Waals surface area contributed by atoms with Crippen molar-refractivity contribution in [1.82, 2.24) is 4.98 Å². The number of anilines is 1. The smallest absolute Gasteiger partial charge is 0.296 e. The lowest BCUT2D eigenvalue weighted by atomic mass is 9.95. The number of benzene rings is 3. The minimum absolute atomic E-state index is 0.00633. The first-order valence-electron chi connectivity index (χ1n) is 11.6. The summed E-state index contributed by atoms with van der Waals surface area (Å²) in [5.41, 5.74) is 1.56. The Kier molecular flexibility index (Phi) is 5.42. The summed E-state index contributed by atoms with van der Waals surface area (Å²) in [7, 11) is 0. The number of para-hydroxylation sites is 1. The number of aromatic hydroxyl groups is 1. The van der Waals surface area contributed by atoms with E-state index in [1.165, 1.54) is 28.4 Å². The highest BCUT2D eigenvalue weighted by molar-refractivity contribution is 7.22. The molecule has 0 bridgehead atoms. The summed E-state index contributed by atoms with van der Waals surface area (Å²) in [6, 6.07) is 19.3. The summed E-state index contributed by atoms with van der Waals surface area (Å²) in [5.74, 6) is -1.31. The van der Waals surface area contributed by atoms with Crippen molar-refractivity contribution >= 4 is 49.3 Å². The molecular formula is C28H20N2O6S. The molecule has 8 nitrogen and oxygen atoms in total. The van der Waals surface area contributed by atoms with Gasteiger partial charge in [0, 0.05) is 5.39 Å². The largest absolute Gasteiger partial charge is 0.508 e. The van der Waals surface area contributed by atoms with Crippen molar-refractivity contribution in [2.75, 3.05) is 11.5 Å². The van der Waals surface area contributed by atoms with Crippen molar-refractivity contribution in [1.29, 1.82) is 0 Å². The van der Waals surface area contributed by atoms with Gasteiger partial charge in [-0.2, -0.15) is 0 Å². The summed E-state index contributed by atoms with van der Waals surface area (Å²) >= 11 is 1.25. The van der Waals surface area contributed by atoms with Crippen LogP contribution in [0.2, 0.25) is 0 Å². The number of phenolic OH excluding ortho intramolecular Hbond substituents is 1. The Morgan fingerprint density at radius 2 is 1.86 bits per heavy atom. The van der Waals surface area contributed by atoms with E-state index < -0.39 is 23.5 Å². The number of thiazole rings is 1. The van der Waals surface area contributed by atoms with Crippen LogP contribution in [0.15, 0.2) is 88.5 Å². The second-order valence-corrected chi connectivity index (χ2v) is 9.48. The van der Waals surface area contributed by atoms with Crippen LogP contribution >= 0.6 is 11.3 Å². The average molecular weight is 513 g/mol. The van der Waals surface area contributed by atoms with Crippen LogP contribution < -0.4 is 9.64 Å². The van der Waals surface area contributed by atoms with Gasteiger partial charge >= 0.3 is 0 Å². The molecule has 0 aliphatic carbocycles. The predicted octanol–water partition coefficient (Wildman–Crippen LogP) is 5.93. The lowest BCUT2D eigenvalue weighted by molar-refractivity contribution is -0.117. The third kappa shape index (κ3) is 3.80. The zero-order valence-corrected chi connectivity index (χ0v) is 20.4. The van der Waals surface area contributed by atoms with Crippen LogP contribution in [0.3, 0.4) is 0 Å². The van der Waals surface area contributed by atoms with Crippen molar-refractivity contribution in [3.05, 3.63) is 95.5 Å². The highest BCUT2D eigenvalue weighted by Crippen LogP contribution is 2.45. The van der Waals surface area contributed by atoms with Crippen molar-refractivity contribution in [3.63, 3.8) is 0 Å². The van der Waals surface area contributed by atoms with Gasteiger partial charge in [0.15, 0.2) is 16.7 Å². The molecule has 0 radical (unpaired) electrons. The number of aliphatic hydroxyl groups excluding tert-OH is 1. The lowest BCUT2D eigenvalue weighted by Gasteiger charge is -2.24. The number of nitrogens with zero attached hydrogens (tertiary/aromatic N) is 2. The SMILES string of the molecule is CCOc1ccc2nc(N3C(=O)C(O)=C(C(=O)c4cc5ccccc5o4)[C@@H]3c3ccc(O)cc3)sc2c1. The maximum Gasteiger partial charge on any atom is 0.296 e. The number of fused-ring (bicyclic) bond motifs is 2. The number of carbonyl (C=O) groups is 2. The molecule has 0 fully saturated rings. The Bertz CT molecular complexity index is 1680. The van der Waals surface area contributed by atoms with E-state index >= 15 is 0 Å². The minimum Gasteiger partial charge on any atom is -0.508 e. The number of aliphatic hydroxyl groups is 1. The van der Waals surface area contributed by atoms with E-state index in [1.807, 2.05) is 25.1 Å². The molecule has 1 aliphatic heterocycles. The normalized spacial score (nSPS) is 15.8. The number of aromatic nitrogens is 1. The maximum atomic E-state index is 13.7. The summed E-state index contributed by atoms with van der Waals surface area (Å²) < 4.78 is 12.1. The maximum absolute atomic E-state index is 13.7. The molecule has 37 heavy (non-hydrogen) atoms. The number of Topliss-reactive ketones (excluding diaryl/α,β-unsaturated/α-hetero) is 1. The molecule has 3 aromatic carbocycles. The van der Waals surface area contributed by atoms with Gasteiger partial charge in [-0.25, -0.2) is 4.98 Å². The molecule has 6 rings (SSSR count). The molecule has 2 N–H and O–H groups in total. The molecule has 5 aromatic rings.